The fourth-order valence-corrected chi connectivity index (χ4v) is 1.52. The number of ether oxygens (including phenoxy) is 1. The number of hydrogen-bond acceptors (Lipinski definition) is 7. The van der Waals surface area contributed by atoms with Crippen molar-refractivity contribution in [1.29, 1.82) is 0 Å². The van der Waals surface area contributed by atoms with Crippen LogP contribution in [0.15, 0.2) is 12.1 Å². The maximum Gasteiger partial charge on any atom is 0.311 e. The number of carbonyl (C=O) groups excluding carboxylic acids is 1. The Bertz CT molecular complexity index is 494. The Morgan fingerprint density at radius 1 is 1.60 bits per heavy atom. The average Bonchev–Trinajstić information content (AvgIpc) is 2.38. The predicted molar refractivity (Wildman–Crippen MR) is 73.5 cm³/mol. The van der Waals surface area contributed by atoms with E-state index in [9.17, 15) is 14.9 Å². The molecule has 1 aromatic heterocycles. The van der Waals surface area contributed by atoms with Crippen LogP contribution in [0.3, 0.4) is 0 Å². The van der Waals surface area contributed by atoms with Gasteiger partial charge in [-0.25, -0.2) is 4.98 Å². The van der Waals surface area contributed by atoms with Gasteiger partial charge >= 0.3 is 5.69 Å². The number of aromatic nitrogens is 1. The fourth-order valence-electron chi connectivity index (χ4n) is 1.52. The topological polar surface area (TPSA) is 124 Å². The molecular formula is C11H17N5O4. The van der Waals surface area contributed by atoms with Gasteiger partial charge in [0.15, 0.2) is 0 Å². The highest BCUT2D eigenvalue weighted by molar-refractivity contribution is 5.81. The van der Waals surface area contributed by atoms with E-state index in [-0.39, 0.29) is 29.8 Å². The normalized spacial score (nSPS) is 10.1. The molecule has 0 saturated carbocycles. The minimum Gasteiger partial charge on any atom is -0.384 e. The first-order valence-electron chi connectivity index (χ1n) is 5.83. The van der Waals surface area contributed by atoms with Crippen LogP contribution in [0, 0.1) is 10.1 Å². The van der Waals surface area contributed by atoms with E-state index in [1.807, 2.05) is 0 Å². The highest BCUT2D eigenvalue weighted by Crippen LogP contribution is 2.25. The Labute approximate surface area is 115 Å². The fraction of sp³-hybridized carbons (Fsp3) is 0.455. The van der Waals surface area contributed by atoms with Gasteiger partial charge in [-0.3, -0.25) is 14.9 Å². The lowest BCUT2D eigenvalue weighted by Crippen LogP contribution is -2.37. The van der Waals surface area contributed by atoms with Crippen LogP contribution in [-0.2, 0) is 9.53 Å². The van der Waals surface area contributed by atoms with Gasteiger partial charge in [-0.2, -0.15) is 0 Å². The van der Waals surface area contributed by atoms with Crippen LogP contribution in [0.1, 0.15) is 0 Å². The molecule has 0 unspecified atom stereocenters. The Morgan fingerprint density at radius 3 is 2.90 bits per heavy atom. The summed E-state index contributed by atoms with van der Waals surface area (Å²) < 4.78 is 4.80. The van der Waals surface area contributed by atoms with Crippen molar-refractivity contribution in [3.8, 4) is 0 Å². The zero-order chi connectivity index (χ0) is 15.1. The van der Waals surface area contributed by atoms with Crippen molar-refractivity contribution >= 4 is 23.2 Å². The first kappa shape index (κ1) is 15.6. The number of nitro groups is 1. The lowest BCUT2D eigenvalue weighted by atomic mass is 10.3. The van der Waals surface area contributed by atoms with E-state index in [2.05, 4.69) is 10.3 Å². The number of methoxy groups -OCH3 is 1. The summed E-state index contributed by atoms with van der Waals surface area (Å²) in [4.78, 5) is 27.3. The summed E-state index contributed by atoms with van der Waals surface area (Å²) in [5.41, 5.74) is 5.31. The van der Waals surface area contributed by atoms with E-state index in [4.69, 9.17) is 10.5 Å². The third kappa shape index (κ3) is 4.35. The van der Waals surface area contributed by atoms with Gasteiger partial charge in [0, 0.05) is 26.8 Å². The Hall–Kier alpha value is -2.42. The summed E-state index contributed by atoms with van der Waals surface area (Å²) in [6.07, 6.45) is 0. The maximum absolute atomic E-state index is 11.6. The molecular weight excluding hydrogens is 266 g/mol. The molecule has 9 heteroatoms. The van der Waals surface area contributed by atoms with E-state index < -0.39 is 4.92 Å². The highest BCUT2D eigenvalue weighted by atomic mass is 16.6. The van der Waals surface area contributed by atoms with Crippen LogP contribution in [-0.4, -0.2) is 49.7 Å². The summed E-state index contributed by atoms with van der Waals surface area (Å²) in [5.74, 6) is -0.0859. The Balaban J connectivity index is 2.76. The molecule has 0 aliphatic carbocycles. The molecule has 0 radical (unpaired) electrons. The molecule has 0 saturated heterocycles. The molecule has 0 atom stereocenters. The summed E-state index contributed by atoms with van der Waals surface area (Å²) >= 11 is 0. The van der Waals surface area contributed by atoms with Crippen molar-refractivity contribution in [2.24, 2.45) is 0 Å². The molecule has 0 bridgehead atoms. The number of nitrogens with zero attached hydrogens (tertiary/aromatic N) is 3. The van der Waals surface area contributed by atoms with Crippen molar-refractivity contribution in [1.82, 2.24) is 10.3 Å². The molecule has 1 amide bonds. The second-order valence-corrected chi connectivity index (χ2v) is 4.03. The van der Waals surface area contributed by atoms with E-state index in [1.165, 1.54) is 31.2 Å². The van der Waals surface area contributed by atoms with Gasteiger partial charge in [0.1, 0.15) is 5.82 Å². The van der Waals surface area contributed by atoms with Crippen molar-refractivity contribution in [3.05, 3.63) is 22.2 Å². The van der Waals surface area contributed by atoms with Gasteiger partial charge in [-0.05, 0) is 6.07 Å². The van der Waals surface area contributed by atoms with Crippen molar-refractivity contribution in [2.75, 3.05) is 44.5 Å². The number of carbonyl (C=O) groups is 1. The number of pyridine rings is 1. The van der Waals surface area contributed by atoms with Crippen LogP contribution in [0.5, 0.6) is 0 Å². The molecule has 0 spiro atoms. The number of nitrogens with one attached hydrogen (secondary N) is 1. The predicted octanol–water partition coefficient (Wildman–Crippen LogP) is -0.229. The monoisotopic (exact) mass is 283 g/mol. The number of anilines is 2. The molecule has 0 aromatic carbocycles. The maximum atomic E-state index is 11.6. The average molecular weight is 283 g/mol. The molecule has 0 aliphatic rings. The van der Waals surface area contributed by atoms with Gasteiger partial charge in [0.2, 0.25) is 11.7 Å². The number of hydrogen-bond donors (Lipinski definition) is 2. The quantitative estimate of drug-likeness (QED) is 0.402. The first-order chi connectivity index (χ1) is 9.45. The molecule has 9 nitrogen and oxygen atoms in total. The summed E-state index contributed by atoms with van der Waals surface area (Å²) in [6.45, 7) is 0.697. The smallest absolute Gasteiger partial charge is 0.311 e. The van der Waals surface area contributed by atoms with E-state index in [0.717, 1.165) is 0 Å². The van der Waals surface area contributed by atoms with E-state index in [0.29, 0.717) is 13.2 Å². The largest absolute Gasteiger partial charge is 0.384 e. The van der Waals surface area contributed by atoms with Gasteiger partial charge < -0.3 is 20.7 Å². The SMILES string of the molecule is COCCNC(=O)CN(C)c1nc(N)ccc1[N+](=O)[O-]. The minimum absolute atomic E-state index is 0.0527. The highest BCUT2D eigenvalue weighted by Gasteiger charge is 2.20. The molecule has 0 aliphatic heterocycles. The number of nitrogen functional groups attached to an aromatic ring is 1. The van der Waals surface area contributed by atoms with E-state index in [1.54, 1.807) is 0 Å². The van der Waals surface area contributed by atoms with Gasteiger partial charge in [-0.1, -0.05) is 0 Å². The Kier molecular flexibility index (Phi) is 5.66. The zero-order valence-corrected chi connectivity index (χ0v) is 11.3. The second kappa shape index (κ2) is 7.24. The number of likely N-dealkylation sites (N-methyl/N-ethyl adjacent to an activating group) is 1. The zero-order valence-electron chi connectivity index (χ0n) is 11.3. The molecule has 1 heterocycles. The minimum atomic E-state index is -0.568. The van der Waals surface area contributed by atoms with E-state index >= 15 is 0 Å². The van der Waals surface area contributed by atoms with Gasteiger partial charge in [-0.15, -0.1) is 0 Å². The number of rotatable bonds is 7. The van der Waals surface area contributed by atoms with Crippen LogP contribution in [0.4, 0.5) is 17.3 Å². The standard InChI is InChI=1S/C11H17N5O4/c1-15(7-10(17)13-5-6-20-2)11-8(16(18)19)3-4-9(12)14-11/h3-4H,5-7H2,1-2H3,(H2,12,14)(H,13,17). The Morgan fingerprint density at radius 2 is 2.30 bits per heavy atom. The molecule has 1 aromatic rings. The molecule has 1 rings (SSSR count). The lowest BCUT2D eigenvalue weighted by molar-refractivity contribution is -0.384. The summed E-state index contributed by atoms with van der Waals surface area (Å²) in [6, 6.07) is 2.60. The van der Waals surface area contributed by atoms with Crippen molar-refractivity contribution in [3.63, 3.8) is 0 Å². The third-order valence-electron chi connectivity index (χ3n) is 2.44. The van der Waals surface area contributed by atoms with Crippen LogP contribution in [0.2, 0.25) is 0 Å². The van der Waals surface area contributed by atoms with Crippen LogP contribution >= 0.6 is 0 Å². The van der Waals surface area contributed by atoms with Crippen molar-refractivity contribution in [2.45, 2.75) is 0 Å². The first-order valence-corrected chi connectivity index (χ1v) is 5.83. The van der Waals surface area contributed by atoms with Crippen molar-refractivity contribution < 1.29 is 14.5 Å². The van der Waals surface area contributed by atoms with Gasteiger partial charge in [0.05, 0.1) is 18.1 Å². The number of nitrogens with two attached hydrogens (primary N) is 1. The van der Waals surface area contributed by atoms with Crippen LogP contribution < -0.4 is 16.0 Å². The van der Waals surface area contributed by atoms with Crippen LogP contribution in [0.25, 0.3) is 0 Å². The lowest BCUT2D eigenvalue weighted by Gasteiger charge is -2.17. The molecule has 0 fully saturated rings. The third-order valence-corrected chi connectivity index (χ3v) is 2.44. The molecule has 20 heavy (non-hydrogen) atoms. The summed E-state index contributed by atoms with van der Waals surface area (Å²) in [5, 5.41) is 13.5. The molecule has 3 N–H and O–H groups in total. The van der Waals surface area contributed by atoms with Gasteiger partial charge in [0.25, 0.3) is 0 Å². The summed E-state index contributed by atoms with van der Waals surface area (Å²) in [7, 11) is 3.06. The number of amides is 1. The second-order valence-electron chi connectivity index (χ2n) is 4.03. The molecule has 110 valence electrons.